The Labute approximate surface area is 214 Å². The van der Waals surface area contributed by atoms with Crippen molar-refractivity contribution in [3.8, 4) is 6.07 Å². The highest BCUT2D eigenvalue weighted by atomic mass is 32.1. The SMILES string of the molecule is C/C1=C/C[C@@H](/C(C)=C/c2csc(C)n2)OC(=O)C[C@@H](C#N)C(C)(C)C(=O)C(C)[C@@H](O)[C@@H](C)CCC1. The number of allylic oxidation sites excluding steroid dienone is 1. The molecule has 1 aliphatic rings. The van der Waals surface area contributed by atoms with Gasteiger partial charge in [0.15, 0.2) is 0 Å². The largest absolute Gasteiger partial charge is 0.457 e. The van der Waals surface area contributed by atoms with E-state index in [2.05, 4.69) is 24.1 Å². The third-order valence-electron chi connectivity index (χ3n) is 7.25. The summed E-state index contributed by atoms with van der Waals surface area (Å²) in [5.41, 5.74) is 1.80. The molecule has 1 N–H and O–H groups in total. The molecule has 0 radical (unpaired) electrons. The molecule has 0 spiro atoms. The zero-order chi connectivity index (χ0) is 26.3. The van der Waals surface area contributed by atoms with Crippen molar-refractivity contribution in [2.45, 2.75) is 92.8 Å². The number of ketones is 1. The van der Waals surface area contributed by atoms with Gasteiger partial charge in [0.1, 0.15) is 11.9 Å². The number of esters is 1. The summed E-state index contributed by atoms with van der Waals surface area (Å²) in [5, 5.41) is 23.6. The summed E-state index contributed by atoms with van der Waals surface area (Å²) in [6.07, 6.45) is 5.66. The lowest BCUT2D eigenvalue weighted by Gasteiger charge is -2.34. The Hall–Kier alpha value is -2.30. The Kier molecular flexibility index (Phi) is 10.4. The molecular formula is C28H40N2O4S. The second-order valence-electron chi connectivity index (χ2n) is 10.6. The van der Waals surface area contributed by atoms with Crippen LogP contribution in [-0.4, -0.2) is 34.1 Å². The van der Waals surface area contributed by atoms with Crippen molar-refractivity contribution in [2.75, 3.05) is 0 Å². The molecule has 1 aliphatic heterocycles. The lowest BCUT2D eigenvalue weighted by molar-refractivity contribution is -0.149. The van der Waals surface area contributed by atoms with Crippen molar-refractivity contribution in [1.82, 2.24) is 4.98 Å². The van der Waals surface area contributed by atoms with Gasteiger partial charge in [0, 0.05) is 23.1 Å². The Morgan fingerprint density at radius 3 is 2.60 bits per heavy atom. The third kappa shape index (κ3) is 7.85. The van der Waals surface area contributed by atoms with Gasteiger partial charge in [-0.2, -0.15) is 5.26 Å². The summed E-state index contributed by atoms with van der Waals surface area (Å²) in [4.78, 5) is 30.8. The summed E-state index contributed by atoms with van der Waals surface area (Å²) in [6, 6.07) is 2.16. The molecule has 0 amide bonds. The number of carbonyl (C=O) groups excluding carboxylic acids is 2. The van der Waals surface area contributed by atoms with Crippen LogP contribution in [0.2, 0.25) is 0 Å². The van der Waals surface area contributed by atoms with Gasteiger partial charge in [0.2, 0.25) is 0 Å². The minimum atomic E-state index is -1.10. The summed E-state index contributed by atoms with van der Waals surface area (Å²) >= 11 is 1.56. The third-order valence-corrected chi connectivity index (χ3v) is 8.04. The van der Waals surface area contributed by atoms with E-state index >= 15 is 0 Å². The first-order valence-electron chi connectivity index (χ1n) is 12.4. The highest BCUT2D eigenvalue weighted by Crippen LogP contribution is 2.36. The zero-order valence-electron chi connectivity index (χ0n) is 22.1. The number of carbonyl (C=O) groups is 2. The van der Waals surface area contributed by atoms with Crippen molar-refractivity contribution in [3.63, 3.8) is 0 Å². The molecule has 35 heavy (non-hydrogen) atoms. The van der Waals surface area contributed by atoms with Gasteiger partial charge < -0.3 is 9.84 Å². The van der Waals surface area contributed by atoms with Gasteiger partial charge in [0.25, 0.3) is 0 Å². The second kappa shape index (κ2) is 12.6. The molecular weight excluding hydrogens is 460 g/mol. The lowest BCUT2D eigenvalue weighted by atomic mass is 9.69. The average Bonchev–Trinajstić information content (AvgIpc) is 3.21. The van der Waals surface area contributed by atoms with E-state index in [0.717, 1.165) is 35.5 Å². The zero-order valence-corrected chi connectivity index (χ0v) is 22.9. The molecule has 192 valence electrons. The van der Waals surface area contributed by atoms with Crippen molar-refractivity contribution in [1.29, 1.82) is 5.26 Å². The Bertz CT molecular complexity index is 1000. The molecule has 2 heterocycles. The van der Waals surface area contributed by atoms with Crippen LogP contribution in [-0.2, 0) is 14.3 Å². The minimum absolute atomic E-state index is 0.0459. The average molecular weight is 501 g/mol. The fourth-order valence-corrected chi connectivity index (χ4v) is 5.20. The number of aromatic nitrogens is 1. The van der Waals surface area contributed by atoms with E-state index in [4.69, 9.17) is 4.74 Å². The summed E-state index contributed by atoms with van der Waals surface area (Å²) < 4.78 is 5.88. The highest BCUT2D eigenvalue weighted by Gasteiger charge is 2.43. The number of rotatable bonds is 2. The molecule has 0 aliphatic carbocycles. The molecule has 1 aromatic heterocycles. The van der Waals surface area contributed by atoms with Gasteiger partial charge in [-0.05, 0) is 57.6 Å². The normalized spacial score (nSPS) is 31.2. The van der Waals surface area contributed by atoms with Gasteiger partial charge >= 0.3 is 5.97 Å². The smallest absolute Gasteiger partial charge is 0.307 e. The fraction of sp³-hybridized carbons (Fsp3) is 0.643. The first-order valence-corrected chi connectivity index (χ1v) is 13.3. The summed E-state index contributed by atoms with van der Waals surface area (Å²) in [6.45, 7) is 13.0. The molecule has 5 atom stereocenters. The maximum atomic E-state index is 13.3. The predicted octanol–water partition coefficient (Wildman–Crippen LogP) is 6.05. The molecule has 2 rings (SSSR count). The highest BCUT2D eigenvalue weighted by molar-refractivity contribution is 7.09. The van der Waals surface area contributed by atoms with E-state index in [1.165, 1.54) is 5.57 Å². The molecule has 0 aromatic carbocycles. The number of thiazole rings is 1. The van der Waals surface area contributed by atoms with E-state index in [-0.39, 0.29) is 18.1 Å². The maximum Gasteiger partial charge on any atom is 0.307 e. The molecule has 0 saturated heterocycles. The standard InChI is InChI=1S/C28H40N2O4S/c1-17-9-8-10-18(2)26(32)20(4)27(33)28(6,7)22(15-29)14-25(31)34-24(12-11-17)19(3)13-23-16-35-21(5)30-23/h11,13,16,18,20,22,24,26,32H,8-10,12,14H2,1-7H3/b17-11-,19-13+/t18-,20?,22-,24-,26-/m0/s1. The van der Waals surface area contributed by atoms with Gasteiger partial charge in [-0.15, -0.1) is 11.3 Å². The molecule has 7 heteroatoms. The number of Topliss-reactive ketones (excluding diaryl/α,β-unsaturated/α-hetero) is 1. The Morgan fingerprint density at radius 1 is 1.31 bits per heavy atom. The molecule has 6 nitrogen and oxygen atoms in total. The quantitative estimate of drug-likeness (QED) is 0.392. The van der Waals surface area contributed by atoms with E-state index < -0.39 is 35.4 Å². The lowest BCUT2D eigenvalue weighted by Crippen LogP contribution is -2.43. The number of nitrogens with zero attached hydrogens (tertiary/aromatic N) is 2. The van der Waals surface area contributed by atoms with E-state index in [0.29, 0.717) is 6.42 Å². The number of cyclic esters (lactones) is 1. The number of ether oxygens (including phenoxy) is 1. The van der Waals surface area contributed by atoms with Crippen LogP contribution in [0.15, 0.2) is 22.6 Å². The monoisotopic (exact) mass is 500 g/mol. The van der Waals surface area contributed by atoms with Crippen LogP contribution in [0.25, 0.3) is 6.08 Å². The van der Waals surface area contributed by atoms with Crippen molar-refractivity contribution in [2.24, 2.45) is 23.2 Å². The maximum absolute atomic E-state index is 13.3. The minimum Gasteiger partial charge on any atom is -0.457 e. The van der Waals surface area contributed by atoms with Crippen LogP contribution in [0, 0.1) is 41.4 Å². The van der Waals surface area contributed by atoms with Crippen LogP contribution in [0.1, 0.15) is 84.3 Å². The number of aryl methyl sites for hydroxylation is 1. The number of nitriles is 1. The molecule has 0 bridgehead atoms. The molecule has 1 unspecified atom stereocenters. The second-order valence-corrected chi connectivity index (χ2v) is 11.6. The van der Waals surface area contributed by atoms with Gasteiger partial charge in [-0.25, -0.2) is 4.98 Å². The van der Waals surface area contributed by atoms with Crippen molar-refractivity contribution in [3.05, 3.63) is 33.3 Å². The van der Waals surface area contributed by atoms with Crippen LogP contribution in [0.3, 0.4) is 0 Å². The topological polar surface area (TPSA) is 100 Å². The first-order chi connectivity index (χ1) is 16.4. The van der Waals surface area contributed by atoms with Crippen LogP contribution < -0.4 is 0 Å². The molecule has 0 fully saturated rings. The van der Waals surface area contributed by atoms with E-state index in [1.54, 1.807) is 32.1 Å². The first kappa shape index (κ1) is 28.9. The van der Waals surface area contributed by atoms with Gasteiger partial charge in [-0.3, -0.25) is 9.59 Å². The van der Waals surface area contributed by atoms with Crippen LogP contribution in [0.5, 0.6) is 0 Å². The summed E-state index contributed by atoms with van der Waals surface area (Å²) in [7, 11) is 0. The Morgan fingerprint density at radius 2 is 2.00 bits per heavy atom. The number of hydrogen-bond donors (Lipinski definition) is 1. The molecule has 1 aromatic rings. The van der Waals surface area contributed by atoms with E-state index in [9.17, 15) is 20.0 Å². The van der Waals surface area contributed by atoms with E-state index in [1.807, 2.05) is 32.2 Å². The van der Waals surface area contributed by atoms with Gasteiger partial charge in [-0.1, -0.05) is 39.3 Å². The number of aliphatic hydroxyl groups excluding tert-OH is 1. The van der Waals surface area contributed by atoms with Crippen molar-refractivity contribution >= 4 is 29.2 Å². The molecule has 0 saturated carbocycles. The predicted molar refractivity (Wildman–Crippen MR) is 139 cm³/mol. The number of aliphatic hydroxyl groups is 1. The van der Waals surface area contributed by atoms with Crippen LogP contribution >= 0.6 is 11.3 Å². The Balaban J connectivity index is 2.38. The van der Waals surface area contributed by atoms with Gasteiger partial charge in [0.05, 0.1) is 35.2 Å². The fourth-order valence-electron chi connectivity index (χ4n) is 4.63. The number of hydrogen-bond acceptors (Lipinski definition) is 7. The van der Waals surface area contributed by atoms with Crippen LogP contribution in [0.4, 0.5) is 0 Å². The van der Waals surface area contributed by atoms with Crippen molar-refractivity contribution < 1.29 is 19.4 Å². The summed E-state index contributed by atoms with van der Waals surface area (Å²) in [5.74, 6) is -2.25.